The summed E-state index contributed by atoms with van der Waals surface area (Å²) in [4.78, 5) is 28.9. The van der Waals surface area contributed by atoms with Crippen LogP contribution in [-0.2, 0) is 19.1 Å². The minimum atomic E-state index is -0.785. The molecule has 33 heavy (non-hydrogen) atoms. The lowest BCUT2D eigenvalue weighted by atomic mass is 9.85. The molecule has 0 radical (unpaired) electrons. The van der Waals surface area contributed by atoms with E-state index in [2.05, 4.69) is 56.3 Å². The number of allylic oxidation sites excluding steroid dienone is 3. The largest absolute Gasteiger partial charge is 0.501 e. The number of hydrogen-bond donors (Lipinski definition) is 0. The molecular weight excluding hydrogens is 434 g/mol. The molecule has 5 nitrogen and oxygen atoms in total. The van der Waals surface area contributed by atoms with Crippen molar-refractivity contribution in [2.75, 3.05) is 27.7 Å². The van der Waals surface area contributed by atoms with E-state index >= 15 is 0 Å². The summed E-state index contributed by atoms with van der Waals surface area (Å²) in [5.74, 6) is 1.04. The first-order chi connectivity index (χ1) is 15.8. The van der Waals surface area contributed by atoms with Crippen molar-refractivity contribution in [2.45, 2.75) is 68.1 Å². The molecule has 6 heteroatoms. The number of benzene rings is 1. The second kappa shape index (κ2) is 11.9. The Hall–Kier alpha value is -2.05. The number of methoxy groups -OCH3 is 1. The lowest BCUT2D eigenvalue weighted by molar-refractivity contribution is -0.152. The summed E-state index contributed by atoms with van der Waals surface area (Å²) in [5.41, 5.74) is 2.43. The SMILES string of the molecule is COC1=CC=C(C2Sc3ccccc3C(CCCN(C)C)CCC(=O)C2OC(C)=O)C(C)C1. The number of hydrogen-bond acceptors (Lipinski definition) is 6. The van der Waals surface area contributed by atoms with Gasteiger partial charge in [0.1, 0.15) is 0 Å². The van der Waals surface area contributed by atoms with E-state index < -0.39 is 12.1 Å². The van der Waals surface area contributed by atoms with Crippen molar-refractivity contribution in [3.63, 3.8) is 0 Å². The second-order valence-corrected chi connectivity index (χ2v) is 10.5. The molecule has 0 amide bonds. The fourth-order valence-corrected chi connectivity index (χ4v) is 6.36. The summed E-state index contributed by atoms with van der Waals surface area (Å²) in [6, 6.07) is 8.50. The summed E-state index contributed by atoms with van der Waals surface area (Å²) in [6.45, 7) is 4.56. The van der Waals surface area contributed by atoms with E-state index in [4.69, 9.17) is 9.47 Å². The van der Waals surface area contributed by atoms with Gasteiger partial charge >= 0.3 is 5.97 Å². The molecule has 3 rings (SSSR count). The maximum absolute atomic E-state index is 13.4. The molecule has 1 aliphatic carbocycles. The average molecular weight is 472 g/mol. The van der Waals surface area contributed by atoms with Gasteiger partial charge < -0.3 is 14.4 Å². The Bertz CT molecular complexity index is 907. The van der Waals surface area contributed by atoms with Crippen LogP contribution >= 0.6 is 11.8 Å². The minimum absolute atomic E-state index is 0.0164. The van der Waals surface area contributed by atoms with Crippen molar-refractivity contribution in [3.05, 3.63) is 53.3 Å². The molecule has 2 aliphatic rings. The highest BCUT2D eigenvalue weighted by Crippen LogP contribution is 2.44. The van der Waals surface area contributed by atoms with Crippen LogP contribution < -0.4 is 0 Å². The van der Waals surface area contributed by atoms with Crippen LogP contribution in [0.5, 0.6) is 0 Å². The Balaban J connectivity index is 2.01. The Kier molecular flexibility index (Phi) is 9.21. The van der Waals surface area contributed by atoms with Crippen LogP contribution in [0.25, 0.3) is 0 Å². The smallest absolute Gasteiger partial charge is 0.303 e. The second-order valence-electron chi connectivity index (χ2n) is 9.36. The van der Waals surface area contributed by atoms with Gasteiger partial charge in [0.2, 0.25) is 0 Å². The van der Waals surface area contributed by atoms with Crippen molar-refractivity contribution < 1.29 is 19.1 Å². The van der Waals surface area contributed by atoms with Crippen LogP contribution in [0.1, 0.15) is 57.4 Å². The Morgan fingerprint density at radius 1 is 1.21 bits per heavy atom. The highest BCUT2D eigenvalue weighted by molar-refractivity contribution is 8.00. The van der Waals surface area contributed by atoms with Crippen LogP contribution in [0.15, 0.2) is 52.6 Å². The van der Waals surface area contributed by atoms with Crippen LogP contribution in [-0.4, -0.2) is 55.8 Å². The van der Waals surface area contributed by atoms with E-state index in [-0.39, 0.29) is 17.0 Å². The molecule has 0 N–H and O–H groups in total. The van der Waals surface area contributed by atoms with Gasteiger partial charge in [-0.05, 0) is 75.0 Å². The van der Waals surface area contributed by atoms with Crippen molar-refractivity contribution in [2.24, 2.45) is 5.92 Å². The monoisotopic (exact) mass is 471 g/mol. The van der Waals surface area contributed by atoms with Crippen molar-refractivity contribution >= 4 is 23.5 Å². The average Bonchev–Trinajstić information content (AvgIpc) is 2.82. The minimum Gasteiger partial charge on any atom is -0.501 e. The van der Waals surface area contributed by atoms with Gasteiger partial charge in [0.15, 0.2) is 11.9 Å². The molecule has 0 aromatic heterocycles. The first-order valence-electron chi connectivity index (χ1n) is 11.8. The standard InChI is InChI=1S/C27H37NO4S/c1-18-17-21(31-5)13-14-22(18)27-26(32-19(2)29)24(30)15-12-20(9-8-16-28(3)4)23-10-6-7-11-25(23)33-27/h6-7,10-11,13-14,18,20,26-27H,8-9,12,15-17H2,1-5H3. The quantitative estimate of drug-likeness (QED) is 0.499. The van der Waals surface area contributed by atoms with Crippen molar-refractivity contribution in [3.8, 4) is 0 Å². The van der Waals surface area contributed by atoms with E-state index in [1.54, 1.807) is 18.9 Å². The fourth-order valence-electron chi connectivity index (χ4n) is 4.78. The summed E-state index contributed by atoms with van der Waals surface area (Å²) in [5, 5.41) is -0.257. The lowest BCUT2D eigenvalue weighted by Gasteiger charge is -2.32. The van der Waals surface area contributed by atoms with Gasteiger partial charge in [-0.2, -0.15) is 0 Å². The first-order valence-corrected chi connectivity index (χ1v) is 12.7. The number of carbonyl (C=O) groups is 2. The Morgan fingerprint density at radius 3 is 2.64 bits per heavy atom. The van der Waals surface area contributed by atoms with Gasteiger partial charge in [-0.3, -0.25) is 9.59 Å². The zero-order valence-corrected chi connectivity index (χ0v) is 21.3. The molecule has 1 heterocycles. The molecule has 0 saturated carbocycles. The third-order valence-corrected chi connectivity index (χ3v) is 7.92. The molecule has 1 aliphatic heterocycles. The molecule has 4 atom stereocenters. The molecule has 0 saturated heterocycles. The number of ketones is 1. The number of nitrogens with zero attached hydrogens (tertiary/aromatic N) is 1. The maximum atomic E-state index is 13.4. The molecule has 180 valence electrons. The van der Waals surface area contributed by atoms with Gasteiger partial charge in [-0.1, -0.05) is 31.2 Å². The molecule has 0 bridgehead atoms. The molecule has 0 spiro atoms. The summed E-state index contributed by atoms with van der Waals surface area (Å²) >= 11 is 1.67. The topological polar surface area (TPSA) is 55.8 Å². The zero-order chi connectivity index (χ0) is 24.0. The number of fused-ring (bicyclic) bond motifs is 1. The summed E-state index contributed by atoms with van der Waals surface area (Å²) in [6.07, 6.45) is 7.33. The third-order valence-electron chi connectivity index (χ3n) is 6.52. The van der Waals surface area contributed by atoms with Crippen molar-refractivity contribution in [1.29, 1.82) is 0 Å². The summed E-state index contributed by atoms with van der Waals surface area (Å²) in [7, 11) is 5.87. The number of esters is 1. The predicted molar refractivity (Wildman–Crippen MR) is 133 cm³/mol. The molecule has 1 aromatic carbocycles. The highest BCUT2D eigenvalue weighted by Gasteiger charge is 2.38. The fraction of sp³-hybridized carbons (Fsp3) is 0.556. The number of carbonyl (C=O) groups excluding carboxylic acids is 2. The third kappa shape index (κ3) is 6.73. The number of thioether (sulfide) groups is 1. The van der Waals surface area contributed by atoms with Crippen LogP contribution in [0.3, 0.4) is 0 Å². The van der Waals surface area contributed by atoms with E-state index in [0.29, 0.717) is 12.3 Å². The molecular formula is C27H37NO4S. The van der Waals surface area contributed by atoms with Crippen LogP contribution in [0.2, 0.25) is 0 Å². The predicted octanol–water partition coefficient (Wildman–Crippen LogP) is 5.36. The van der Waals surface area contributed by atoms with Crippen LogP contribution in [0, 0.1) is 5.92 Å². The summed E-state index contributed by atoms with van der Waals surface area (Å²) < 4.78 is 11.2. The number of Topliss-reactive ketones (excluding diaryl/α,β-unsaturated/α-hetero) is 1. The van der Waals surface area contributed by atoms with Crippen LogP contribution in [0.4, 0.5) is 0 Å². The maximum Gasteiger partial charge on any atom is 0.303 e. The highest BCUT2D eigenvalue weighted by atomic mass is 32.2. The Morgan fingerprint density at radius 2 is 1.97 bits per heavy atom. The van der Waals surface area contributed by atoms with E-state index in [9.17, 15) is 9.59 Å². The van der Waals surface area contributed by atoms with Crippen molar-refractivity contribution in [1.82, 2.24) is 4.90 Å². The molecule has 1 aromatic rings. The van der Waals surface area contributed by atoms with Gasteiger partial charge in [-0.25, -0.2) is 0 Å². The van der Waals surface area contributed by atoms with Gasteiger partial charge in [0, 0.05) is 24.7 Å². The number of ether oxygens (including phenoxy) is 2. The van der Waals surface area contributed by atoms with E-state index in [1.807, 2.05) is 6.08 Å². The molecule has 0 fully saturated rings. The van der Waals surface area contributed by atoms with E-state index in [0.717, 1.165) is 43.6 Å². The Labute approximate surface area is 202 Å². The molecule has 4 unspecified atom stereocenters. The normalized spacial score (nSPS) is 25.8. The van der Waals surface area contributed by atoms with Gasteiger partial charge in [0.05, 0.1) is 18.1 Å². The zero-order valence-electron chi connectivity index (χ0n) is 20.5. The lowest BCUT2D eigenvalue weighted by Crippen LogP contribution is -2.39. The van der Waals surface area contributed by atoms with Gasteiger partial charge in [0.25, 0.3) is 0 Å². The first kappa shape index (κ1) is 25.6. The van der Waals surface area contributed by atoms with E-state index in [1.165, 1.54) is 17.4 Å². The number of rotatable bonds is 7. The van der Waals surface area contributed by atoms with Gasteiger partial charge in [-0.15, -0.1) is 11.8 Å².